The van der Waals surface area contributed by atoms with Crippen LogP contribution in [0, 0.1) is 5.92 Å². The molecule has 0 bridgehead atoms. The maximum atomic E-state index is 12.2. The smallest absolute Gasteiger partial charge is 0.286 e. The van der Waals surface area contributed by atoms with Crippen LogP contribution in [0.2, 0.25) is 0 Å². The van der Waals surface area contributed by atoms with Crippen LogP contribution < -0.4 is 16.4 Å². The van der Waals surface area contributed by atoms with Crippen LogP contribution in [-0.2, 0) is 0 Å². The standard InChI is InChI=1S/C11H13N3O3/c15-9-5-3-1-2-4-6(5)12-8-7(9)10(16)13-14-11(8)17/h5-6,12H,1-4H2,(H,13,16)(H,14,17). The first-order valence-corrected chi connectivity index (χ1v) is 5.84. The Bertz CT molecular complexity index is 586. The molecule has 1 aromatic rings. The average Bonchev–Trinajstić information content (AvgIpc) is 2.34. The molecule has 2 aliphatic rings. The fourth-order valence-corrected chi connectivity index (χ4v) is 2.83. The van der Waals surface area contributed by atoms with E-state index in [0.29, 0.717) is 0 Å². The van der Waals surface area contributed by atoms with Gasteiger partial charge in [-0.2, -0.15) is 0 Å². The van der Waals surface area contributed by atoms with Gasteiger partial charge in [-0.15, -0.1) is 0 Å². The van der Waals surface area contributed by atoms with Crippen molar-refractivity contribution in [2.75, 3.05) is 5.32 Å². The van der Waals surface area contributed by atoms with E-state index in [1.54, 1.807) is 0 Å². The molecule has 2 unspecified atom stereocenters. The van der Waals surface area contributed by atoms with Crippen LogP contribution in [0.15, 0.2) is 9.59 Å². The van der Waals surface area contributed by atoms with E-state index in [1.807, 2.05) is 0 Å². The Morgan fingerprint density at radius 2 is 1.65 bits per heavy atom. The second kappa shape index (κ2) is 3.58. The fourth-order valence-electron chi connectivity index (χ4n) is 2.83. The van der Waals surface area contributed by atoms with Crippen molar-refractivity contribution < 1.29 is 4.79 Å². The maximum absolute atomic E-state index is 12.2. The van der Waals surface area contributed by atoms with Crippen LogP contribution in [0.1, 0.15) is 36.0 Å². The molecule has 2 heterocycles. The lowest BCUT2D eigenvalue weighted by atomic mass is 9.77. The fraction of sp³-hybridized carbons (Fsp3) is 0.545. The number of hydrogen-bond donors (Lipinski definition) is 3. The number of aromatic amines is 2. The number of anilines is 1. The van der Waals surface area contributed by atoms with Crippen LogP contribution in [0.25, 0.3) is 0 Å². The van der Waals surface area contributed by atoms with Crippen LogP contribution >= 0.6 is 0 Å². The zero-order chi connectivity index (χ0) is 12.0. The molecule has 17 heavy (non-hydrogen) atoms. The second-order valence-corrected chi connectivity index (χ2v) is 4.66. The predicted molar refractivity (Wildman–Crippen MR) is 61.4 cm³/mol. The maximum Gasteiger partial charge on any atom is 0.286 e. The lowest BCUT2D eigenvalue weighted by Gasteiger charge is -2.35. The first-order chi connectivity index (χ1) is 8.18. The van der Waals surface area contributed by atoms with E-state index in [2.05, 4.69) is 15.5 Å². The molecule has 0 aromatic carbocycles. The topological polar surface area (TPSA) is 94.8 Å². The van der Waals surface area contributed by atoms with Crippen molar-refractivity contribution in [3.63, 3.8) is 0 Å². The van der Waals surface area contributed by atoms with Gasteiger partial charge in [-0.3, -0.25) is 24.6 Å². The number of rotatable bonds is 0. The molecule has 0 radical (unpaired) electrons. The summed E-state index contributed by atoms with van der Waals surface area (Å²) in [6.07, 6.45) is 3.73. The SMILES string of the molecule is O=C1c2c(c(=O)[nH][nH]c2=O)NC2CCCCC12. The van der Waals surface area contributed by atoms with Crippen molar-refractivity contribution in [3.8, 4) is 0 Å². The molecule has 3 N–H and O–H groups in total. The third-order valence-corrected chi connectivity index (χ3v) is 3.67. The Morgan fingerprint density at radius 1 is 0.941 bits per heavy atom. The molecule has 1 aliphatic carbocycles. The number of carbonyl (C=O) groups excluding carboxylic acids is 1. The van der Waals surface area contributed by atoms with Crippen molar-refractivity contribution in [2.45, 2.75) is 31.7 Å². The Balaban J connectivity index is 2.19. The summed E-state index contributed by atoms with van der Waals surface area (Å²) in [5, 5.41) is 7.49. The van der Waals surface area contributed by atoms with Crippen molar-refractivity contribution in [2.24, 2.45) is 5.92 Å². The lowest BCUT2D eigenvalue weighted by Crippen LogP contribution is -2.46. The molecule has 0 saturated heterocycles. The second-order valence-electron chi connectivity index (χ2n) is 4.66. The van der Waals surface area contributed by atoms with Gasteiger partial charge in [-0.1, -0.05) is 12.8 Å². The van der Waals surface area contributed by atoms with Gasteiger partial charge in [0.05, 0.1) is 0 Å². The molecule has 0 amide bonds. The number of hydrogen-bond acceptors (Lipinski definition) is 4. The summed E-state index contributed by atoms with van der Waals surface area (Å²) in [4.78, 5) is 35.4. The highest BCUT2D eigenvalue weighted by Gasteiger charge is 2.39. The van der Waals surface area contributed by atoms with Gasteiger partial charge in [-0.25, -0.2) is 0 Å². The minimum atomic E-state index is -0.513. The average molecular weight is 235 g/mol. The Hall–Kier alpha value is -1.85. The van der Waals surface area contributed by atoms with E-state index in [0.717, 1.165) is 25.7 Å². The largest absolute Gasteiger partial charge is 0.376 e. The van der Waals surface area contributed by atoms with Crippen molar-refractivity contribution in [1.29, 1.82) is 0 Å². The quantitative estimate of drug-likeness (QED) is 0.600. The molecule has 2 atom stereocenters. The molecule has 1 aromatic heterocycles. The molecule has 1 saturated carbocycles. The monoisotopic (exact) mass is 235 g/mol. The highest BCUT2D eigenvalue weighted by molar-refractivity contribution is 6.04. The van der Waals surface area contributed by atoms with E-state index in [9.17, 15) is 14.4 Å². The van der Waals surface area contributed by atoms with Gasteiger partial charge in [0.25, 0.3) is 11.1 Å². The van der Waals surface area contributed by atoms with Gasteiger partial charge < -0.3 is 5.32 Å². The normalized spacial score (nSPS) is 26.9. The van der Waals surface area contributed by atoms with Crippen LogP contribution in [-0.4, -0.2) is 22.0 Å². The lowest BCUT2D eigenvalue weighted by molar-refractivity contribution is 0.0867. The van der Waals surface area contributed by atoms with Gasteiger partial charge in [0.2, 0.25) is 0 Å². The Kier molecular flexibility index (Phi) is 2.17. The van der Waals surface area contributed by atoms with Gasteiger partial charge >= 0.3 is 0 Å². The first kappa shape index (κ1) is 10.3. The number of nitrogens with one attached hydrogen (secondary N) is 3. The van der Waals surface area contributed by atoms with Gasteiger partial charge in [0, 0.05) is 12.0 Å². The number of Topliss-reactive ketones (excluding diaryl/α,β-unsaturated/α-hetero) is 1. The van der Waals surface area contributed by atoms with Crippen molar-refractivity contribution in [1.82, 2.24) is 10.2 Å². The van der Waals surface area contributed by atoms with Crippen LogP contribution in [0.3, 0.4) is 0 Å². The molecule has 1 fully saturated rings. The third kappa shape index (κ3) is 1.44. The summed E-state index contributed by atoms with van der Waals surface area (Å²) < 4.78 is 0. The molecule has 90 valence electrons. The van der Waals surface area contributed by atoms with Crippen LogP contribution in [0.5, 0.6) is 0 Å². The zero-order valence-electron chi connectivity index (χ0n) is 9.21. The summed E-state index contributed by atoms with van der Waals surface area (Å²) in [6, 6.07) is 0.00616. The predicted octanol–water partition coefficient (Wildman–Crippen LogP) is 0.230. The minimum absolute atomic E-state index is 0.00287. The summed E-state index contributed by atoms with van der Waals surface area (Å²) in [5.74, 6) is -0.338. The molecular formula is C11H13N3O3. The molecule has 3 rings (SSSR count). The van der Waals surface area contributed by atoms with E-state index >= 15 is 0 Å². The highest BCUT2D eigenvalue weighted by Crippen LogP contribution is 2.33. The first-order valence-electron chi connectivity index (χ1n) is 5.84. The van der Waals surface area contributed by atoms with Crippen molar-refractivity contribution in [3.05, 3.63) is 26.3 Å². The molecule has 6 nitrogen and oxygen atoms in total. The Labute approximate surface area is 96.4 Å². The van der Waals surface area contributed by atoms with E-state index in [1.165, 1.54) is 0 Å². The molecule has 1 aliphatic heterocycles. The zero-order valence-corrected chi connectivity index (χ0v) is 9.21. The van der Waals surface area contributed by atoms with Crippen LogP contribution in [0.4, 0.5) is 5.69 Å². The molecular weight excluding hydrogens is 222 g/mol. The highest BCUT2D eigenvalue weighted by atomic mass is 16.2. The van der Waals surface area contributed by atoms with E-state index < -0.39 is 11.1 Å². The van der Waals surface area contributed by atoms with Gasteiger partial charge in [0.1, 0.15) is 11.3 Å². The van der Waals surface area contributed by atoms with E-state index in [4.69, 9.17) is 0 Å². The number of H-pyrrole nitrogens is 2. The summed E-state index contributed by atoms with van der Waals surface area (Å²) in [7, 11) is 0. The third-order valence-electron chi connectivity index (χ3n) is 3.67. The number of aromatic nitrogens is 2. The Morgan fingerprint density at radius 3 is 2.47 bits per heavy atom. The number of ketones is 1. The summed E-state index contributed by atoms with van der Waals surface area (Å²) in [5.41, 5.74) is -0.808. The van der Waals surface area contributed by atoms with Crippen molar-refractivity contribution >= 4 is 11.5 Å². The number of carbonyl (C=O) groups is 1. The minimum Gasteiger partial charge on any atom is -0.376 e. The number of fused-ring (bicyclic) bond motifs is 2. The van der Waals surface area contributed by atoms with Gasteiger partial charge in [0.15, 0.2) is 5.78 Å². The molecule has 0 spiro atoms. The van der Waals surface area contributed by atoms with E-state index in [-0.39, 0.29) is 29.0 Å². The summed E-state index contributed by atoms with van der Waals surface area (Å²) in [6.45, 7) is 0. The summed E-state index contributed by atoms with van der Waals surface area (Å²) >= 11 is 0. The van der Waals surface area contributed by atoms with Gasteiger partial charge in [-0.05, 0) is 12.8 Å². The molecule has 6 heteroatoms.